The molecule has 0 aliphatic rings. The Hall–Kier alpha value is -1.03. The van der Waals surface area contributed by atoms with Gasteiger partial charge in [-0.1, -0.05) is 29.8 Å². The van der Waals surface area contributed by atoms with Crippen molar-refractivity contribution in [2.45, 2.75) is 25.9 Å². The summed E-state index contributed by atoms with van der Waals surface area (Å²) in [5.41, 5.74) is 8.22. The summed E-state index contributed by atoms with van der Waals surface area (Å²) < 4.78 is 0. The number of para-hydroxylation sites is 1. The van der Waals surface area contributed by atoms with Gasteiger partial charge in [0.15, 0.2) is 0 Å². The van der Waals surface area contributed by atoms with Crippen LogP contribution in [-0.4, -0.2) is 13.1 Å². The summed E-state index contributed by atoms with van der Waals surface area (Å²) in [7, 11) is 2.08. The lowest BCUT2D eigenvalue weighted by molar-refractivity contribution is 0.734. The van der Waals surface area contributed by atoms with Crippen molar-refractivity contribution < 1.29 is 0 Å². The van der Waals surface area contributed by atoms with Crippen molar-refractivity contribution in [3.8, 4) is 0 Å². The second-order valence-electron chi connectivity index (χ2n) is 4.86. The maximum absolute atomic E-state index is 6.37. The Morgan fingerprint density at radius 1 is 1.32 bits per heavy atom. The largest absolute Gasteiger partial charge is 0.368 e. The minimum Gasteiger partial charge on any atom is -0.368 e. The van der Waals surface area contributed by atoms with Gasteiger partial charge in [0.25, 0.3) is 0 Å². The van der Waals surface area contributed by atoms with Gasteiger partial charge in [0, 0.05) is 18.0 Å². The molecular formula is C15H19ClN2S. The van der Waals surface area contributed by atoms with E-state index < -0.39 is 0 Å². The maximum Gasteiger partial charge on any atom is 0.0642 e. The van der Waals surface area contributed by atoms with E-state index in [0.717, 1.165) is 23.7 Å². The molecule has 2 nitrogen and oxygen atoms in total. The van der Waals surface area contributed by atoms with E-state index in [2.05, 4.69) is 35.5 Å². The molecule has 4 heteroatoms. The van der Waals surface area contributed by atoms with Crippen LogP contribution in [0.15, 0.2) is 35.7 Å². The molecule has 0 radical (unpaired) electrons. The van der Waals surface area contributed by atoms with E-state index in [1.54, 1.807) is 11.3 Å². The third-order valence-electron chi connectivity index (χ3n) is 2.97. The topological polar surface area (TPSA) is 29.3 Å². The lowest BCUT2D eigenvalue weighted by Crippen LogP contribution is -2.22. The number of hydrogen-bond donors (Lipinski definition) is 1. The van der Waals surface area contributed by atoms with Crippen LogP contribution >= 0.6 is 22.9 Å². The number of halogens is 1. The zero-order chi connectivity index (χ0) is 13.8. The Balaban J connectivity index is 2.26. The van der Waals surface area contributed by atoms with Gasteiger partial charge in [0.2, 0.25) is 0 Å². The van der Waals surface area contributed by atoms with Gasteiger partial charge in [-0.05, 0) is 36.4 Å². The highest BCUT2D eigenvalue weighted by molar-refractivity contribution is 7.09. The predicted molar refractivity (Wildman–Crippen MR) is 85.2 cm³/mol. The minimum absolute atomic E-state index is 0.132. The van der Waals surface area contributed by atoms with Crippen LogP contribution in [0.3, 0.4) is 0 Å². The standard InChI is InChI=1S/C15H19ClN2S/c1-11(17)9-12-5-3-7-14(16)15(12)18(2)10-13-6-4-8-19-13/h3-8,11H,9-10,17H2,1-2H3. The van der Waals surface area contributed by atoms with Crippen molar-refractivity contribution in [3.63, 3.8) is 0 Å². The highest BCUT2D eigenvalue weighted by atomic mass is 35.5. The molecule has 0 bridgehead atoms. The third-order valence-corrected chi connectivity index (χ3v) is 4.13. The Morgan fingerprint density at radius 2 is 2.11 bits per heavy atom. The highest BCUT2D eigenvalue weighted by Gasteiger charge is 2.13. The van der Waals surface area contributed by atoms with Crippen LogP contribution in [0.2, 0.25) is 5.02 Å². The van der Waals surface area contributed by atoms with E-state index in [1.165, 1.54) is 10.4 Å². The normalized spacial score (nSPS) is 12.4. The van der Waals surface area contributed by atoms with Gasteiger partial charge in [-0.25, -0.2) is 0 Å². The third kappa shape index (κ3) is 3.72. The van der Waals surface area contributed by atoms with Crippen LogP contribution in [0.5, 0.6) is 0 Å². The Kier molecular flexibility index (Phi) is 4.86. The van der Waals surface area contributed by atoms with Gasteiger partial charge < -0.3 is 10.6 Å². The highest BCUT2D eigenvalue weighted by Crippen LogP contribution is 2.31. The number of thiophene rings is 1. The summed E-state index contributed by atoms with van der Waals surface area (Å²) in [6, 6.07) is 10.4. The lowest BCUT2D eigenvalue weighted by Gasteiger charge is -2.24. The van der Waals surface area contributed by atoms with Crippen molar-refractivity contribution in [2.75, 3.05) is 11.9 Å². The molecule has 0 spiro atoms. The molecule has 2 aromatic rings. The Morgan fingerprint density at radius 3 is 2.74 bits per heavy atom. The molecule has 1 heterocycles. The van der Waals surface area contributed by atoms with Gasteiger partial charge in [-0.3, -0.25) is 0 Å². The lowest BCUT2D eigenvalue weighted by atomic mass is 10.0. The molecular weight excluding hydrogens is 276 g/mol. The van der Waals surface area contributed by atoms with Gasteiger partial charge in [-0.2, -0.15) is 0 Å². The first kappa shape index (κ1) is 14.4. The molecule has 19 heavy (non-hydrogen) atoms. The van der Waals surface area contributed by atoms with E-state index >= 15 is 0 Å². The maximum atomic E-state index is 6.37. The number of hydrogen-bond acceptors (Lipinski definition) is 3. The van der Waals surface area contributed by atoms with E-state index in [1.807, 2.05) is 19.1 Å². The van der Waals surface area contributed by atoms with E-state index in [9.17, 15) is 0 Å². The second-order valence-corrected chi connectivity index (χ2v) is 6.30. The Labute approximate surface area is 123 Å². The molecule has 0 aliphatic carbocycles. The number of anilines is 1. The molecule has 1 aromatic carbocycles. The molecule has 0 aliphatic heterocycles. The summed E-state index contributed by atoms with van der Waals surface area (Å²) in [6.07, 6.45) is 0.838. The van der Waals surface area contributed by atoms with E-state index in [0.29, 0.717) is 0 Å². The quantitative estimate of drug-likeness (QED) is 0.905. The number of nitrogens with zero attached hydrogens (tertiary/aromatic N) is 1. The SMILES string of the molecule is CC(N)Cc1cccc(Cl)c1N(C)Cc1cccs1. The molecule has 1 unspecified atom stereocenters. The van der Waals surface area contributed by atoms with Crippen molar-refractivity contribution in [3.05, 3.63) is 51.2 Å². The monoisotopic (exact) mass is 294 g/mol. The average Bonchev–Trinajstić information content (AvgIpc) is 2.80. The molecule has 0 amide bonds. The average molecular weight is 295 g/mol. The summed E-state index contributed by atoms with van der Waals surface area (Å²) >= 11 is 8.13. The molecule has 1 aromatic heterocycles. The first-order chi connectivity index (χ1) is 9.08. The molecule has 0 saturated carbocycles. The minimum atomic E-state index is 0.132. The van der Waals surface area contributed by atoms with Crippen LogP contribution < -0.4 is 10.6 Å². The van der Waals surface area contributed by atoms with Crippen molar-refractivity contribution in [1.29, 1.82) is 0 Å². The van der Waals surface area contributed by atoms with Crippen LogP contribution in [0.1, 0.15) is 17.4 Å². The van der Waals surface area contributed by atoms with Crippen LogP contribution in [0, 0.1) is 0 Å². The van der Waals surface area contributed by atoms with Crippen LogP contribution in [0.25, 0.3) is 0 Å². The van der Waals surface area contributed by atoms with Crippen LogP contribution in [-0.2, 0) is 13.0 Å². The van der Waals surface area contributed by atoms with Crippen molar-refractivity contribution in [1.82, 2.24) is 0 Å². The van der Waals surface area contributed by atoms with Gasteiger partial charge in [0.05, 0.1) is 17.3 Å². The molecule has 0 saturated heterocycles. The zero-order valence-corrected chi connectivity index (χ0v) is 12.8. The van der Waals surface area contributed by atoms with Crippen molar-refractivity contribution >= 4 is 28.6 Å². The number of rotatable bonds is 5. The fourth-order valence-corrected chi connectivity index (χ4v) is 3.31. The molecule has 102 valence electrons. The summed E-state index contributed by atoms with van der Waals surface area (Å²) in [5, 5.41) is 2.88. The fraction of sp³-hybridized carbons (Fsp3) is 0.333. The zero-order valence-electron chi connectivity index (χ0n) is 11.3. The van der Waals surface area contributed by atoms with E-state index in [4.69, 9.17) is 17.3 Å². The van der Waals surface area contributed by atoms with Gasteiger partial charge >= 0.3 is 0 Å². The number of benzene rings is 1. The summed E-state index contributed by atoms with van der Waals surface area (Å²) in [4.78, 5) is 3.53. The molecule has 2 rings (SSSR count). The Bertz CT molecular complexity index is 523. The summed E-state index contributed by atoms with van der Waals surface area (Å²) in [5.74, 6) is 0. The van der Waals surface area contributed by atoms with E-state index in [-0.39, 0.29) is 6.04 Å². The molecule has 2 N–H and O–H groups in total. The fourth-order valence-electron chi connectivity index (χ4n) is 2.21. The first-order valence-electron chi connectivity index (χ1n) is 6.34. The molecule has 0 fully saturated rings. The number of nitrogens with two attached hydrogens (primary N) is 1. The molecule has 1 atom stereocenters. The van der Waals surface area contributed by atoms with Gasteiger partial charge in [-0.15, -0.1) is 11.3 Å². The smallest absolute Gasteiger partial charge is 0.0642 e. The van der Waals surface area contributed by atoms with Gasteiger partial charge in [0.1, 0.15) is 0 Å². The van der Waals surface area contributed by atoms with Crippen molar-refractivity contribution in [2.24, 2.45) is 5.73 Å². The van der Waals surface area contributed by atoms with Crippen LogP contribution in [0.4, 0.5) is 5.69 Å². The second kappa shape index (κ2) is 6.42. The first-order valence-corrected chi connectivity index (χ1v) is 7.60. The predicted octanol–water partition coefficient (Wildman–Crippen LogP) is 3.93. The summed E-state index contributed by atoms with van der Waals surface area (Å²) in [6.45, 7) is 2.89.